The number of rotatable bonds is 2. The smallest absolute Gasteiger partial charge is 0.407 e. The van der Waals surface area contributed by atoms with E-state index in [9.17, 15) is 9.90 Å². The van der Waals surface area contributed by atoms with Gasteiger partial charge < -0.3 is 10.0 Å². The van der Waals surface area contributed by atoms with Gasteiger partial charge in [-0.25, -0.2) is 4.79 Å². The van der Waals surface area contributed by atoms with Gasteiger partial charge in [-0.3, -0.25) is 0 Å². The summed E-state index contributed by atoms with van der Waals surface area (Å²) in [6.45, 7) is 5.92. The molecular weight excluding hydrogens is 308 g/mol. The van der Waals surface area contributed by atoms with Crippen molar-refractivity contribution in [3.05, 3.63) is 33.8 Å². The van der Waals surface area contributed by atoms with Crippen molar-refractivity contribution >= 4 is 22.0 Å². The Morgan fingerprint density at radius 3 is 2.47 bits per heavy atom. The first-order chi connectivity index (χ1) is 8.70. The molecule has 5 heteroatoms. The molecule has 0 radical (unpaired) electrons. The van der Waals surface area contributed by atoms with Gasteiger partial charge in [-0.1, -0.05) is 32.9 Å². The summed E-state index contributed by atoms with van der Waals surface area (Å²) < 4.78 is 0.658. The average molecular weight is 325 g/mol. The second kappa shape index (κ2) is 5.62. The molecule has 4 nitrogen and oxygen atoms in total. The average Bonchev–Trinajstić information content (AvgIpc) is 2.29. The Bertz CT molecular complexity index is 529. The maximum Gasteiger partial charge on any atom is 0.407 e. The second-order valence-electron chi connectivity index (χ2n) is 5.48. The molecule has 1 rings (SSSR count). The lowest BCUT2D eigenvalue weighted by Gasteiger charge is -2.37. The van der Waals surface area contributed by atoms with Gasteiger partial charge in [0.05, 0.1) is 11.6 Å². The highest BCUT2D eigenvalue weighted by Crippen LogP contribution is 2.41. The minimum atomic E-state index is -0.991. The Morgan fingerprint density at radius 2 is 2.05 bits per heavy atom. The van der Waals surface area contributed by atoms with E-state index in [0.29, 0.717) is 10.0 Å². The van der Waals surface area contributed by atoms with Crippen LogP contribution in [0.15, 0.2) is 22.7 Å². The van der Waals surface area contributed by atoms with Crippen molar-refractivity contribution in [1.82, 2.24) is 4.90 Å². The molecular formula is C14H17BrN2O2. The fourth-order valence-corrected chi connectivity index (χ4v) is 2.78. The van der Waals surface area contributed by atoms with Gasteiger partial charge in [0, 0.05) is 11.5 Å². The van der Waals surface area contributed by atoms with E-state index in [1.165, 1.54) is 4.90 Å². The molecule has 1 amide bonds. The van der Waals surface area contributed by atoms with Gasteiger partial charge in [0.25, 0.3) is 0 Å². The fraction of sp³-hybridized carbons (Fsp3) is 0.429. The largest absolute Gasteiger partial charge is 0.465 e. The number of carbonyl (C=O) groups is 1. The van der Waals surface area contributed by atoms with E-state index in [-0.39, 0.29) is 11.5 Å². The van der Waals surface area contributed by atoms with Crippen molar-refractivity contribution in [3.63, 3.8) is 0 Å². The fourth-order valence-electron chi connectivity index (χ4n) is 2.21. The Hall–Kier alpha value is -1.54. The van der Waals surface area contributed by atoms with E-state index in [2.05, 4.69) is 22.0 Å². The molecule has 0 aliphatic heterocycles. The van der Waals surface area contributed by atoms with E-state index in [4.69, 9.17) is 5.26 Å². The first-order valence-corrected chi connectivity index (χ1v) is 6.63. The zero-order chi connectivity index (χ0) is 14.8. The van der Waals surface area contributed by atoms with Crippen LogP contribution in [0.25, 0.3) is 0 Å². The lowest BCUT2D eigenvalue weighted by atomic mass is 9.81. The van der Waals surface area contributed by atoms with Gasteiger partial charge >= 0.3 is 6.09 Å². The summed E-state index contributed by atoms with van der Waals surface area (Å²) in [6, 6.07) is 7.08. The molecule has 102 valence electrons. The molecule has 1 N–H and O–H groups in total. The second-order valence-corrected chi connectivity index (χ2v) is 6.28. The van der Waals surface area contributed by atoms with E-state index in [0.717, 1.165) is 5.56 Å². The maximum atomic E-state index is 11.3. The lowest BCUT2D eigenvalue weighted by Crippen LogP contribution is -2.37. The summed E-state index contributed by atoms with van der Waals surface area (Å²) in [5, 5.41) is 18.3. The molecule has 0 aromatic heterocycles. The third kappa shape index (κ3) is 3.27. The Labute approximate surface area is 121 Å². The molecule has 0 heterocycles. The van der Waals surface area contributed by atoms with Crippen LogP contribution in [-0.2, 0) is 0 Å². The van der Waals surface area contributed by atoms with Gasteiger partial charge in [-0.2, -0.15) is 5.26 Å². The van der Waals surface area contributed by atoms with Crippen molar-refractivity contribution < 1.29 is 9.90 Å². The summed E-state index contributed by atoms with van der Waals surface area (Å²) in [6.07, 6.45) is -0.991. The summed E-state index contributed by atoms with van der Waals surface area (Å²) in [5.74, 6) is 0. The number of carboxylic acid groups (broad SMARTS) is 1. The van der Waals surface area contributed by atoms with E-state index in [1.807, 2.05) is 26.8 Å². The summed E-state index contributed by atoms with van der Waals surface area (Å²) in [5.41, 5.74) is 1.02. The minimum Gasteiger partial charge on any atom is -0.465 e. The molecule has 0 bridgehead atoms. The van der Waals surface area contributed by atoms with Crippen molar-refractivity contribution in [2.75, 3.05) is 7.05 Å². The van der Waals surface area contributed by atoms with Crippen LogP contribution in [0.2, 0.25) is 0 Å². The minimum absolute atomic E-state index is 0.288. The number of hydrogen-bond donors (Lipinski definition) is 1. The SMILES string of the molecule is CN(C(=O)O)C(c1cccc(C#N)c1Br)C(C)(C)C. The topological polar surface area (TPSA) is 64.3 Å². The molecule has 1 aromatic carbocycles. The van der Waals surface area contributed by atoms with Gasteiger partial charge in [0.2, 0.25) is 0 Å². The van der Waals surface area contributed by atoms with E-state index < -0.39 is 6.09 Å². The molecule has 0 spiro atoms. The third-order valence-corrected chi connectivity index (χ3v) is 3.84. The highest BCUT2D eigenvalue weighted by Gasteiger charge is 2.34. The van der Waals surface area contributed by atoms with Crippen LogP contribution in [0.4, 0.5) is 4.79 Å². The van der Waals surface area contributed by atoms with Gasteiger partial charge in [0.1, 0.15) is 6.07 Å². The van der Waals surface area contributed by atoms with Crippen molar-refractivity contribution in [3.8, 4) is 6.07 Å². The predicted octanol–water partition coefficient (Wildman–Crippen LogP) is 4.02. The molecule has 0 saturated heterocycles. The van der Waals surface area contributed by atoms with Crippen LogP contribution in [0.3, 0.4) is 0 Å². The molecule has 1 aromatic rings. The van der Waals surface area contributed by atoms with Crippen molar-refractivity contribution in [1.29, 1.82) is 5.26 Å². The monoisotopic (exact) mass is 324 g/mol. The quantitative estimate of drug-likeness (QED) is 0.893. The van der Waals surface area contributed by atoms with Crippen LogP contribution in [-0.4, -0.2) is 23.1 Å². The molecule has 0 saturated carbocycles. The number of nitrogens with zero attached hydrogens (tertiary/aromatic N) is 2. The number of nitriles is 1. The lowest BCUT2D eigenvalue weighted by molar-refractivity contribution is 0.0983. The third-order valence-electron chi connectivity index (χ3n) is 2.95. The molecule has 0 aliphatic carbocycles. The first-order valence-electron chi connectivity index (χ1n) is 5.84. The molecule has 1 atom stereocenters. The first kappa shape index (κ1) is 15.5. The van der Waals surface area contributed by atoms with Gasteiger partial charge in [-0.05, 0) is 33.0 Å². The van der Waals surface area contributed by atoms with Crippen LogP contribution >= 0.6 is 15.9 Å². The molecule has 19 heavy (non-hydrogen) atoms. The van der Waals surface area contributed by atoms with Crippen LogP contribution in [0, 0.1) is 16.7 Å². The maximum absolute atomic E-state index is 11.3. The zero-order valence-corrected chi connectivity index (χ0v) is 13.0. The van der Waals surface area contributed by atoms with Crippen LogP contribution in [0.5, 0.6) is 0 Å². The molecule has 0 aliphatic rings. The summed E-state index contributed by atoms with van der Waals surface area (Å²) in [7, 11) is 1.55. The number of hydrogen-bond acceptors (Lipinski definition) is 2. The van der Waals surface area contributed by atoms with E-state index >= 15 is 0 Å². The number of halogens is 1. The Kier molecular flexibility index (Phi) is 4.59. The number of amides is 1. The normalized spacial score (nSPS) is 12.6. The Morgan fingerprint density at radius 1 is 1.47 bits per heavy atom. The zero-order valence-electron chi connectivity index (χ0n) is 11.4. The molecule has 0 fully saturated rings. The molecule has 1 unspecified atom stereocenters. The Balaban J connectivity index is 3.43. The van der Waals surface area contributed by atoms with Crippen molar-refractivity contribution in [2.45, 2.75) is 26.8 Å². The summed E-state index contributed by atoms with van der Waals surface area (Å²) in [4.78, 5) is 12.6. The number of benzene rings is 1. The predicted molar refractivity (Wildman–Crippen MR) is 76.8 cm³/mol. The highest BCUT2D eigenvalue weighted by atomic mass is 79.9. The highest BCUT2D eigenvalue weighted by molar-refractivity contribution is 9.10. The van der Waals surface area contributed by atoms with Crippen LogP contribution in [0.1, 0.15) is 37.9 Å². The van der Waals surface area contributed by atoms with Gasteiger partial charge in [-0.15, -0.1) is 0 Å². The van der Waals surface area contributed by atoms with Crippen molar-refractivity contribution in [2.24, 2.45) is 5.41 Å². The van der Waals surface area contributed by atoms with Crippen LogP contribution < -0.4 is 0 Å². The van der Waals surface area contributed by atoms with E-state index in [1.54, 1.807) is 19.2 Å². The standard InChI is InChI=1S/C14H17BrN2O2/c1-14(2,3)12(17(4)13(18)19)10-7-5-6-9(8-16)11(10)15/h5-7,12H,1-4H3,(H,18,19). The van der Waals surface area contributed by atoms with Gasteiger partial charge in [0.15, 0.2) is 0 Å². The summed E-state index contributed by atoms with van der Waals surface area (Å²) >= 11 is 3.41.